The van der Waals surface area contributed by atoms with E-state index in [2.05, 4.69) is 10.2 Å². The van der Waals surface area contributed by atoms with Crippen LogP contribution in [0.1, 0.15) is 6.92 Å². The predicted molar refractivity (Wildman–Crippen MR) is 59.0 cm³/mol. The first-order valence-electron chi connectivity index (χ1n) is 4.99. The van der Waals surface area contributed by atoms with Gasteiger partial charge in [-0.25, -0.2) is 0 Å². The maximum absolute atomic E-state index is 10.8. The van der Waals surface area contributed by atoms with Gasteiger partial charge in [0.25, 0.3) is 5.91 Å². The number of carbonyl (C=O) groups excluding carboxylic acids is 1. The zero-order chi connectivity index (χ0) is 12.3. The number of nitrogens with two attached hydrogens (primary N) is 1. The molecule has 0 bridgehead atoms. The van der Waals surface area contributed by atoms with E-state index in [0.29, 0.717) is 11.6 Å². The molecule has 0 aliphatic rings. The lowest BCUT2D eigenvalue weighted by Crippen LogP contribution is -2.30. The van der Waals surface area contributed by atoms with E-state index >= 15 is 0 Å². The number of nitrogens with zero attached hydrogens (tertiary/aromatic N) is 2. The third-order valence-electron chi connectivity index (χ3n) is 2.17. The number of hydrogen-bond acceptors (Lipinski definition) is 5. The van der Waals surface area contributed by atoms with Gasteiger partial charge in [0.15, 0.2) is 6.10 Å². The molecule has 88 valence electrons. The predicted octanol–water partition coefficient (Wildman–Crippen LogP) is 0.989. The maximum atomic E-state index is 10.8. The van der Waals surface area contributed by atoms with Crippen molar-refractivity contribution < 1.29 is 13.9 Å². The van der Waals surface area contributed by atoms with Crippen LogP contribution in [0.3, 0.4) is 0 Å². The van der Waals surface area contributed by atoms with Crippen molar-refractivity contribution in [2.75, 3.05) is 0 Å². The molecule has 0 spiro atoms. The van der Waals surface area contributed by atoms with E-state index in [-0.39, 0.29) is 0 Å². The van der Waals surface area contributed by atoms with Crippen molar-refractivity contribution >= 4 is 5.91 Å². The van der Waals surface area contributed by atoms with Gasteiger partial charge in [-0.05, 0) is 31.2 Å². The Labute approximate surface area is 97.4 Å². The Kier molecular flexibility index (Phi) is 3.04. The summed E-state index contributed by atoms with van der Waals surface area (Å²) in [5.74, 6) is 0.477. The quantitative estimate of drug-likeness (QED) is 0.850. The molecular weight excluding hydrogens is 222 g/mol. The number of amides is 1. The van der Waals surface area contributed by atoms with Crippen LogP contribution in [0.4, 0.5) is 0 Å². The van der Waals surface area contributed by atoms with Crippen LogP contribution in [0.2, 0.25) is 0 Å². The van der Waals surface area contributed by atoms with Gasteiger partial charge in [-0.1, -0.05) is 0 Å². The van der Waals surface area contributed by atoms with Gasteiger partial charge in [-0.2, -0.15) is 0 Å². The van der Waals surface area contributed by atoms with Gasteiger partial charge in [0.2, 0.25) is 12.3 Å². The Hall–Kier alpha value is -2.37. The van der Waals surface area contributed by atoms with Crippen molar-refractivity contribution in [3.8, 4) is 17.2 Å². The van der Waals surface area contributed by atoms with Crippen molar-refractivity contribution in [2.45, 2.75) is 13.0 Å². The number of aromatic nitrogens is 2. The lowest BCUT2D eigenvalue weighted by Gasteiger charge is -2.10. The number of carbonyl (C=O) groups is 1. The van der Waals surface area contributed by atoms with Gasteiger partial charge in [-0.15, -0.1) is 10.2 Å². The Morgan fingerprint density at radius 1 is 1.41 bits per heavy atom. The summed E-state index contributed by atoms with van der Waals surface area (Å²) in [5.41, 5.74) is 5.87. The zero-order valence-electron chi connectivity index (χ0n) is 9.16. The fourth-order valence-electron chi connectivity index (χ4n) is 1.24. The third-order valence-corrected chi connectivity index (χ3v) is 2.17. The van der Waals surface area contributed by atoms with Gasteiger partial charge in [0.05, 0.1) is 0 Å². The van der Waals surface area contributed by atoms with Crippen LogP contribution in [0.15, 0.2) is 35.1 Å². The summed E-state index contributed by atoms with van der Waals surface area (Å²) < 4.78 is 10.3. The number of benzene rings is 1. The standard InChI is InChI=1S/C11H11N3O3/c1-7(10(12)15)17-9-4-2-8(3-5-9)11-14-13-6-16-11/h2-7H,1H3,(H2,12,15). The molecule has 2 aromatic rings. The Bertz CT molecular complexity index is 493. The lowest BCUT2D eigenvalue weighted by molar-refractivity contribution is -0.123. The van der Waals surface area contributed by atoms with Crippen molar-refractivity contribution in [1.82, 2.24) is 10.2 Å². The highest BCUT2D eigenvalue weighted by molar-refractivity contribution is 5.78. The molecule has 2 N–H and O–H groups in total. The monoisotopic (exact) mass is 233 g/mol. The van der Waals surface area contributed by atoms with E-state index in [0.717, 1.165) is 5.56 Å². The Morgan fingerprint density at radius 2 is 2.12 bits per heavy atom. The largest absolute Gasteiger partial charge is 0.481 e. The topological polar surface area (TPSA) is 91.2 Å². The van der Waals surface area contributed by atoms with Crippen LogP contribution >= 0.6 is 0 Å². The summed E-state index contributed by atoms with van der Waals surface area (Å²) >= 11 is 0. The summed E-state index contributed by atoms with van der Waals surface area (Å²) in [6.07, 6.45) is 0.596. The van der Waals surface area contributed by atoms with E-state index in [1.54, 1.807) is 31.2 Å². The highest BCUT2D eigenvalue weighted by Crippen LogP contribution is 2.20. The smallest absolute Gasteiger partial charge is 0.258 e. The van der Waals surface area contributed by atoms with Gasteiger partial charge in [0.1, 0.15) is 5.75 Å². The minimum atomic E-state index is -0.663. The molecule has 0 saturated heterocycles. The fraction of sp³-hybridized carbons (Fsp3) is 0.182. The van der Waals surface area contributed by atoms with Gasteiger partial charge >= 0.3 is 0 Å². The van der Waals surface area contributed by atoms with Gasteiger partial charge in [0, 0.05) is 5.56 Å². The molecule has 2 rings (SSSR count). The normalized spacial score (nSPS) is 12.1. The minimum absolute atomic E-state index is 0.430. The molecule has 0 aliphatic heterocycles. The zero-order valence-corrected chi connectivity index (χ0v) is 9.16. The van der Waals surface area contributed by atoms with Crippen LogP contribution in [0.5, 0.6) is 5.75 Å². The fourth-order valence-corrected chi connectivity index (χ4v) is 1.24. The van der Waals surface area contributed by atoms with E-state index in [1.807, 2.05) is 0 Å². The Balaban J connectivity index is 2.11. The molecule has 1 aromatic heterocycles. The molecule has 1 atom stereocenters. The van der Waals surface area contributed by atoms with Crippen LogP contribution in [0, 0.1) is 0 Å². The first-order chi connectivity index (χ1) is 8.16. The van der Waals surface area contributed by atoms with Gasteiger partial charge < -0.3 is 14.9 Å². The summed E-state index contributed by atoms with van der Waals surface area (Å²) in [5, 5.41) is 7.36. The van der Waals surface area contributed by atoms with E-state index < -0.39 is 12.0 Å². The van der Waals surface area contributed by atoms with E-state index in [4.69, 9.17) is 14.9 Å². The molecule has 1 unspecified atom stereocenters. The van der Waals surface area contributed by atoms with Crippen LogP contribution in [0.25, 0.3) is 11.5 Å². The van der Waals surface area contributed by atoms with Gasteiger partial charge in [-0.3, -0.25) is 4.79 Å². The first-order valence-corrected chi connectivity index (χ1v) is 4.99. The van der Waals surface area contributed by atoms with Crippen molar-refractivity contribution in [3.63, 3.8) is 0 Å². The molecule has 6 heteroatoms. The number of primary amides is 1. The summed E-state index contributed by atoms with van der Waals surface area (Å²) in [7, 11) is 0. The van der Waals surface area contributed by atoms with Crippen molar-refractivity contribution in [3.05, 3.63) is 30.7 Å². The second-order valence-electron chi connectivity index (χ2n) is 3.43. The molecule has 6 nitrogen and oxygen atoms in total. The number of rotatable bonds is 4. The van der Waals surface area contributed by atoms with Crippen LogP contribution < -0.4 is 10.5 Å². The third kappa shape index (κ3) is 2.60. The summed E-state index contributed by atoms with van der Waals surface area (Å²) in [6.45, 7) is 1.59. The van der Waals surface area contributed by atoms with Crippen molar-refractivity contribution in [1.29, 1.82) is 0 Å². The minimum Gasteiger partial charge on any atom is -0.481 e. The van der Waals surface area contributed by atoms with Crippen LogP contribution in [-0.4, -0.2) is 22.2 Å². The average molecular weight is 233 g/mol. The SMILES string of the molecule is CC(Oc1ccc(-c2nnco2)cc1)C(N)=O. The second kappa shape index (κ2) is 4.65. The Morgan fingerprint density at radius 3 is 2.65 bits per heavy atom. The summed E-state index contributed by atoms with van der Waals surface area (Å²) in [6, 6.07) is 6.94. The van der Waals surface area contributed by atoms with E-state index in [1.165, 1.54) is 6.39 Å². The molecule has 0 fully saturated rings. The molecule has 1 aromatic carbocycles. The number of hydrogen-bond donors (Lipinski definition) is 1. The molecule has 0 saturated carbocycles. The molecular formula is C11H11N3O3. The second-order valence-corrected chi connectivity index (χ2v) is 3.43. The average Bonchev–Trinajstić information content (AvgIpc) is 2.83. The summed E-state index contributed by atoms with van der Waals surface area (Å²) in [4.78, 5) is 10.8. The lowest BCUT2D eigenvalue weighted by atomic mass is 10.2. The van der Waals surface area contributed by atoms with E-state index in [9.17, 15) is 4.79 Å². The van der Waals surface area contributed by atoms with Crippen molar-refractivity contribution in [2.24, 2.45) is 5.73 Å². The van der Waals surface area contributed by atoms with Crippen LogP contribution in [-0.2, 0) is 4.79 Å². The molecule has 0 radical (unpaired) electrons. The first kappa shape index (κ1) is 11.1. The maximum Gasteiger partial charge on any atom is 0.258 e. The highest BCUT2D eigenvalue weighted by atomic mass is 16.5. The molecule has 1 heterocycles. The molecule has 1 amide bonds. The highest BCUT2D eigenvalue weighted by Gasteiger charge is 2.10. The number of ether oxygens (including phenoxy) is 1. The molecule has 0 aliphatic carbocycles. The molecule has 17 heavy (non-hydrogen) atoms.